The van der Waals surface area contributed by atoms with Gasteiger partial charge in [-0.3, -0.25) is 0 Å². The normalized spacial score (nSPS) is 11.4. The Hall–Kier alpha value is -1.62. The Kier molecular flexibility index (Phi) is 4.74. The molecule has 0 amide bonds. The number of aryl methyl sites for hydroxylation is 2. The molecule has 0 unspecified atom stereocenters. The number of hydrogen-bond acceptors (Lipinski definition) is 4. The zero-order valence-electron chi connectivity index (χ0n) is 11.9. The molecule has 104 valence electrons. The van der Waals surface area contributed by atoms with Crippen LogP contribution in [-0.4, -0.2) is 27.6 Å². The van der Waals surface area contributed by atoms with Gasteiger partial charge in [-0.15, -0.1) is 0 Å². The predicted molar refractivity (Wildman–Crippen MR) is 74.7 cm³/mol. The van der Waals surface area contributed by atoms with E-state index >= 15 is 0 Å². The largest absolute Gasteiger partial charge is 0.439 e. The van der Waals surface area contributed by atoms with Crippen molar-refractivity contribution >= 4 is 0 Å². The Morgan fingerprint density at radius 1 is 1.37 bits per heavy atom. The molecule has 0 aliphatic heterocycles. The van der Waals surface area contributed by atoms with Gasteiger partial charge in [-0.2, -0.15) is 0 Å². The maximum Gasteiger partial charge on any atom is 0.195 e. The van der Waals surface area contributed by atoms with Gasteiger partial charge in [0.2, 0.25) is 0 Å². The second-order valence-electron chi connectivity index (χ2n) is 5.24. The third kappa shape index (κ3) is 4.21. The van der Waals surface area contributed by atoms with Crippen LogP contribution in [0.25, 0.3) is 11.5 Å². The lowest BCUT2D eigenvalue weighted by molar-refractivity contribution is 0.482. The zero-order valence-corrected chi connectivity index (χ0v) is 11.9. The van der Waals surface area contributed by atoms with E-state index in [2.05, 4.69) is 29.1 Å². The SMILES string of the molecule is CC(C)CNCCCc1ncc(-c2cn(C)cn2)o1. The molecule has 5 heteroatoms. The molecule has 0 aromatic carbocycles. The Balaban J connectivity index is 1.78. The molecule has 0 aliphatic rings. The average molecular weight is 262 g/mol. The van der Waals surface area contributed by atoms with E-state index in [4.69, 9.17) is 4.42 Å². The van der Waals surface area contributed by atoms with Crippen molar-refractivity contribution in [3.8, 4) is 11.5 Å². The van der Waals surface area contributed by atoms with E-state index in [1.807, 2.05) is 17.8 Å². The van der Waals surface area contributed by atoms with E-state index < -0.39 is 0 Å². The molecule has 2 aromatic rings. The van der Waals surface area contributed by atoms with Crippen molar-refractivity contribution in [2.24, 2.45) is 13.0 Å². The Morgan fingerprint density at radius 2 is 2.21 bits per heavy atom. The summed E-state index contributed by atoms with van der Waals surface area (Å²) in [6.45, 7) is 6.48. The number of oxazole rings is 1. The van der Waals surface area contributed by atoms with Gasteiger partial charge in [-0.05, 0) is 25.4 Å². The van der Waals surface area contributed by atoms with Crippen LogP contribution in [0.15, 0.2) is 23.1 Å². The van der Waals surface area contributed by atoms with Gasteiger partial charge >= 0.3 is 0 Å². The zero-order chi connectivity index (χ0) is 13.7. The van der Waals surface area contributed by atoms with Crippen LogP contribution in [0, 0.1) is 5.92 Å². The topological polar surface area (TPSA) is 55.9 Å². The summed E-state index contributed by atoms with van der Waals surface area (Å²) in [5.74, 6) is 2.22. The van der Waals surface area contributed by atoms with Crippen molar-refractivity contribution in [2.75, 3.05) is 13.1 Å². The highest BCUT2D eigenvalue weighted by Gasteiger charge is 2.08. The standard InChI is InChI=1S/C14H22N4O/c1-11(2)7-15-6-4-5-14-16-8-13(19-14)12-9-18(3)10-17-12/h8-11,15H,4-7H2,1-3H3. The summed E-state index contributed by atoms with van der Waals surface area (Å²) < 4.78 is 7.59. The summed E-state index contributed by atoms with van der Waals surface area (Å²) in [4.78, 5) is 8.54. The van der Waals surface area contributed by atoms with Gasteiger partial charge < -0.3 is 14.3 Å². The third-order valence-electron chi connectivity index (χ3n) is 2.81. The van der Waals surface area contributed by atoms with Gasteiger partial charge in [-0.1, -0.05) is 13.8 Å². The molecule has 2 aromatic heterocycles. The highest BCUT2D eigenvalue weighted by atomic mass is 16.4. The van der Waals surface area contributed by atoms with Crippen LogP contribution in [0.1, 0.15) is 26.2 Å². The average Bonchev–Trinajstić information content (AvgIpc) is 2.97. The molecular formula is C14H22N4O. The quantitative estimate of drug-likeness (QED) is 0.778. The summed E-state index contributed by atoms with van der Waals surface area (Å²) in [5.41, 5.74) is 0.833. The van der Waals surface area contributed by atoms with E-state index in [0.29, 0.717) is 5.92 Å². The summed E-state index contributed by atoms with van der Waals surface area (Å²) >= 11 is 0. The first kappa shape index (κ1) is 13.8. The molecule has 0 saturated carbocycles. The molecule has 0 fully saturated rings. The molecule has 2 heterocycles. The van der Waals surface area contributed by atoms with E-state index in [1.54, 1.807) is 12.5 Å². The number of nitrogens with zero attached hydrogens (tertiary/aromatic N) is 3. The molecule has 5 nitrogen and oxygen atoms in total. The maximum atomic E-state index is 5.70. The Bertz CT molecular complexity index is 501. The molecule has 0 spiro atoms. The maximum absolute atomic E-state index is 5.70. The van der Waals surface area contributed by atoms with Gasteiger partial charge in [0.1, 0.15) is 5.69 Å². The fourth-order valence-corrected chi connectivity index (χ4v) is 1.84. The molecule has 0 atom stereocenters. The minimum atomic E-state index is 0.692. The van der Waals surface area contributed by atoms with Crippen LogP contribution in [0.4, 0.5) is 0 Å². The van der Waals surface area contributed by atoms with Crippen molar-refractivity contribution in [2.45, 2.75) is 26.7 Å². The van der Waals surface area contributed by atoms with Crippen LogP contribution in [-0.2, 0) is 13.5 Å². The molecule has 0 bridgehead atoms. The number of nitrogens with one attached hydrogen (secondary N) is 1. The Morgan fingerprint density at radius 3 is 2.89 bits per heavy atom. The smallest absolute Gasteiger partial charge is 0.195 e. The van der Waals surface area contributed by atoms with E-state index in [1.165, 1.54) is 0 Å². The van der Waals surface area contributed by atoms with Crippen molar-refractivity contribution < 1.29 is 4.42 Å². The van der Waals surface area contributed by atoms with E-state index in [0.717, 1.165) is 43.3 Å². The summed E-state index contributed by atoms with van der Waals surface area (Å²) in [5, 5.41) is 3.41. The lowest BCUT2D eigenvalue weighted by Gasteiger charge is -2.05. The summed E-state index contributed by atoms with van der Waals surface area (Å²) in [6.07, 6.45) is 7.33. The Labute approximate surface area is 114 Å². The van der Waals surface area contributed by atoms with Crippen LogP contribution in [0.5, 0.6) is 0 Å². The number of aromatic nitrogens is 3. The molecule has 0 radical (unpaired) electrons. The van der Waals surface area contributed by atoms with E-state index in [-0.39, 0.29) is 0 Å². The lowest BCUT2D eigenvalue weighted by atomic mass is 10.2. The van der Waals surface area contributed by atoms with Crippen molar-refractivity contribution in [1.82, 2.24) is 19.9 Å². The van der Waals surface area contributed by atoms with Gasteiger partial charge in [0.25, 0.3) is 0 Å². The molecule has 0 aliphatic carbocycles. The van der Waals surface area contributed by atoms with Crippen molar-refractivity contribution in [3.63, 3.8) is 0 Å². The van der Waals surface area contributed by atoms with Gasteiger partial charge in [0.05, 0.1) is 12.5 Å². The summed E-state index contributed by atoms with van der Waals surface area (Å²) in [6, 6.07) is 0. The van der Waals surface area contributed by atoms with Crippen LogP contribution in [0.2, 0.25) is 0 Å². The van der Waals surface area contributed by atoms with E-state index in [9.17, 15) is 0 Å². The first-order chi connectivity index (χ1) is 9.15. The van der Waals surface area contributed by atoms with Crippen molar-refractivity contribution in [3.05, 3.63) is 24.6 Å². The second kappa shape index (κ2) is 6.52. The minimum Gasteiger partial charge on any atom is -0.439 e. The highest BCUT2D eigenvalue weighted by Crippen LogP contribution is 2.18. The van der Waals surface area contributed by atoms with Crippen LogP contribution < -0.4 is 5.32 Å². The molecule has 1 N–H and O–H groups in total. The fourth-order valence-electron chi connectivity index (χ4n) is 1.84. The first-order valence-electron chi connectivity index (χ1n) is 6.79. The summed E-state index contributed by atoms with van der Waals surface area (Å²) in [7, 11) is 1.94. The third-order valence-corrected chi connectivity index (χ3v) is 2.81. The number of imidazole rings is 1. The van der Waals surface area contributed by atoms with Gasteiger partial charge in [0.15, 0.2) is 11.7 Å². The van der Waals surface area contributed by atoms with Crippen LogP contribution >= 0.6 is 0 Å². The molecular weight excluding hydrogens is 240 g/mol. The number of rotatable bonds is 7. The van der Waals surface area contributed by atoms with Gasteiger partial charge in [0, 0.05) is 19.7 Å². The highest BCUT2D eigenvalue weighted by molar-refractivity contribution is 5.48. The lowest BCUT2D eigenvalue weighted by Crippen LogP contribution is -2.21. The van der Waals surface area contributed by atoms with Crippen molar-refractivity contribution in [1.29, 1.82) is 0 Å². The monoisotopic (exact) mass is 262 g/mol. The molecule has 2 rings (SSSR count). The predicted octanol–water partition coefficient (Wildman–Crippen LogP) is 2.25. The van der Waals surface area contributed by atoms with Gasteiger partial charge in [-0.25, -0.2) is 9.97 Å². The minimum absolute atomic E-state index is 0.692. The first-order valence-corrected chi connectivity index (χ1v) is 6.79. The number of hydrogen-bond donors (Lipinski definition) is 1. The second-order valence-corrected chi connectivity index (χ2v) is 5.24. The molecule has 0 saturated heterocycles. The molecule has 19 heavy (non-hydrogen) atoms. The van der Waals surface area contributed by atoms with Crippen LogP contribution in [0.3, 0.4) is 0 Å². The fraction of sp³-hybridized carbons (Fsp3) is 0.571.